The van der Waals surface area contributed by atoms with Gasteiger partial charge in [0.2, 0.25) is 0 Å². The van der Waals surface area contributed by atoms with Gasteiger partial charge >= 0.3 is 0 Å². The molecule has 0 bridgehead atoms. The molecule has 0 aromatic rings. The van der Waals surface area contributed by atoms with Crippen LogP contribution in [0.25, 0.3) is 0 Å². The van der Waals surface area contributed by atoms with Crippen molar-refractivity contribution in [3.05, 3.63) is 0 Å². The summed E-state index contributed by atoms with van der Waals surface area (Å²) in [7, 11) is 0. The Bertz CT molecular complexity index is 126. The molecule has 0 aromatic carbocycles. The van der Waals surface area contributed by atoms with Gasteiger partial charge in [-0.05, 0) is 12.2 Å². The van der Waals surface area contributed by atoms with Crippen LogP contribution in [-0.2, 0) is 4.79 Å². The number of carbonyl (C=O) groups excluding carboxylic acids is 1. The lowest BCUT2D eigenvalue weighted by molar-refractivity contribution is -0.112. The molecule has 0 amide bonds. The van der Waals surface area contributed by atoms with Gasteiger partial charge in [0.05, 0.1) is 6.10 Å². The van der Waals surface area contributed by atoms with Crippen molar-refractivity contribution in [2.45, 2.75) is 45.6 Å². The van der Waals surface area contributed by atoms with Crippen LogP contribution in [0.2, 0.25) is 0 Å². The lowest BCUT2D eigenvalue weighted by atomic mass is 10.1. The first-order valence-corrected chi connectivity index (χ1v) is 5.52. The second-order valence-electron chi connectivity index (χ2n) is 2.81. The Kier molecular flexibility index (Phi) is 7.61. The fraction of sp³-hybridized carbons (Fsp3) is 0.889. The third-order valence-electron chi connectivity index (χ3n) is 1.60. The molecule has 0 aliphatic heterocycles. The van der Waals surface area contributed by atoms with Crippen molar-refractivity contribution < 1.29 is 9.90 Å². The number of rotatable bonds is 6. The average molecular weight is 190 g/mol. The van der Waals surface area contributed by atoms with Crippen molar-refractivity contribution in [2.75, 3.05) is 5.75 Å². The molecule has 0 aliphatic carbocycles. The zero-order valence-electron chi connectivity index (χ0n) is 7.88. The van der Waals surface area contributed by atoms with Gasteiger partial charge in [0.1, 0.15) is 0 Å². The molecule has 72 valence electrons. The lowest BCUT2D eigenvalue weighted by Gasteiger charge is -2.07. The number of thioether (sulfide) groups is 1. The summed E-state index contributed by atoms with van der Waals surface area (Å²) < 4.78 is 0. The summed E-state index contributed by atoms with van der Waals surface area (Å²) in [5, 5.41) is 9.46. The number of hydrogen-bond acceptors (Lipinski definition) is 3. The molecular weight excluding hydrogens is 172 g/mol. The molecule has 0 radical (unpaired) electrons. The van der Waals surface area contributed by atoms with E-state index in [1.165, 1.54) is 11.8 Å². The standard InChI is InChI=1S/C9H18O2S/c1-3-5-6-8(10)7-9(11)12-4-2/h8,10H,3-7H2,1-2H3/t8-/m1/s1. The van der Waals surface area contributed by atoms with E-state index in [2.05, 4.69) is 6.92 Å². The van der Waals surface area contributed by atoms with E-state index >= 15 is 0 Å². The van der Waals surface area contributed by atoms with Crippen LogP contribution < -0.4 is 0 Å². The smallest absolute Gasteiger partial charge is 0.191 e. The molecule has 2 nitrogen and oxygen atoms in total. The molecule has 0 aromatic heterocycles. The van der Waals surface area contributed by atoms with Crippen LogP contribution in [0.4, 0.5) is 0 Å². The van der Waals surface area contributed by atoms with Crippen molar-refractivity contribution in [2.24, 2.45) is 0 Å². The van der Waals surface area contributed by atoms with Crippen molar-refractivity contribution in [1.29, 1.82) is 0 Å². The Hall–Kier alpha value is -0.0200. The summed E-state index contributed by atoms with van der Waals surface area (Å²) in [6.45, 7) is 4.02. The van der Waals surface area contributed by atoms with Gasteiger partial charge in [0.25, 0.3) is 0 Å². The van der Waals surface area contributed by atoms with E-state index in [-0.39, 0.29) is 5.12 Å². The highest BCUT2D eigenvalue weighted by Gasteiger charge is 2.09. The first-order chi connectivity index (χ1) is 5.70. The number of aliphatic hydroxyl groups excluding tert-OH is 1. The third-order valence-corrected chi connectivity index (χ3v) is 2.38. The molecule has 3 heteroatoms. The van der Waals surface area contributed by atoms with Crippen molar-refractivity contribution in [3.63, 3.8) is 0 Å². The summed E-state index contributed by atoms with van der Waals surface area (Å²) >= 11 is 1.29. The molecule has 12 heavy (non-hydrogen) atoms. The van der Waals surface area contributed by atoms with E-state index < -0.39 is 6.10 Å². The second kappa shape index (κ2) is 7.62. The normalized spacial score (nSPS) is 12.9. The van der Waals surface area contributed by atoms with Crippen LogP contribution in [0.15, 0.2) is 0 Å². The monoisotopic (exact) mass is 190 g/mol. The Morgan fingerprint density at radius 3 is 2.67 bits per heavy atom. The summed E-state index contributed by atoms with van der Waals surface area (Å²) in [4.78, 5) is 11.0. The number of carbonyl (C=O) groups is 1. The summed E-state index contributed by atoms with van der Waals surface area (Å²) in [5.41, 5.74) is 0. The molecule has 0 rings (SSSR count). The van der Waals surface area contributed by atoms with E-state index in [9.17, 15) is 9.90 Å². The van der Waals surface area contributed by atoms with Crippen LogP contribution in [0.1, 0.15) is 39.5 Å². The van der Waals surface area contributed by atoms with Gasteiger partial charge in [0, 0.05) is 6.42 Å². The van der Waals surface area contributed by atoms with Crippen LogP contribution in [0, 0.1) is 0 Å². The number of aliphatic hydroxyl groups is 1. The first-order valence-electron chi connectivity index (χ1n) is 4.54. The minimum atomic E-state index is -0.420. The van der Waals surface area contributed by atoms with E-state index in [4.69, 9.17) is 0 Å². The van der Waals surface area contributed by atoms with Crippen LogP contribution in [0.5, 0.6) is 0 Å². The van der Waals surface area contributed by atoms with Crippen LogP contribution in [0.3, 0.4) is 0 Å². The molecule has 0 spiro atoms. The first kappa shape index (κ1) is 12.0. The van der Waals surface area contributed by atoms with Gasteiger partial charge in [-0.15, -0.1) is 0 Å². The lowest BCUT2D eigenvalue weighted by Crippen LogP contribution is -2.11. The molecular formula is C9H18O2S. The predicted octanol–water partition coefficient (Wildman–Crippen LogP) is 2.21. The molecule has 0 aliphatic rings. The second-order valence-corrected chi connectivity index (χ2v) is 4.13. The Balaban J connectivity index is 3.40. The molecule has 0 saturated carbocycles. The Morgan fingerprint density at radius 2 is 2.17 bits per heavy atom. The van der Waals surface area contributed by atoms with Crippen molar-refractivity contribution >= 4 is 16.9 Å². The minimum absolute atomic E-state index is 0.112. The maximum Gasteiger partial charge on any atom is 0.191 e. The van der Waals surface area contributed by atoms with Crippen molar-refractivity contribution in [1.82, 2.24) is 0 Å². The van der Waals surface area contributed by atoms with Gasteiger partial charge in [-0.2, -0.15) is 0 Å². The Morgan fingerprint density at radius 1 is 1.50 bits per heavy atom. The zero-order chi connectivity index (χ0) is 9.40. The van der Waals surface area contributed by atoms with Gasteiger partial charge in [-0.3, -0.25) is 4.79 Å². The minimum Gasteiger partial charge on any atom is -0.393 e. The maximum absolute atomic E-state index is 11.0. The average Bonchev–Trinajstić information content (AvgIpc) is 2.01. The fourth-order valence-electron chi connectivity index (χ4n) is 0.954. The maximum atomic E-state index is 11.0. The van der Waals surface area contributed by atoms with Crippen LogP contribution >= 0.6 is 11.8 Å². The molecule has 0 fully saturated rings. The third kappa shape index (κ3) is 6.68. The van der Waals surface area contributed by atoms with E-state index in [1.54, 1.807) is 0 Å². The molecule has 0 heterocycles. The fourth-order valence-corrected chi connectivity index (χ4v) is 1.59. The topological polar surface area (TPSA) is 37.3 Å². The highest BCUT2D eigenvalue weighted by molar-refractivity contribution is 8.13. The zero-order valence-corrected chi connectivity index (χ0v) is 8.69. The van der Waals surface area contributed by atoms with Gasteiger partial charge < -0.3 is 5.11 Å². The predicted molar refractivity (Wildman–Crippen MR) is 53.3 cm³/mol. The van der Waals surface area contributed by atoms with Gasteiger partial charge in [-0.25, -0.2) is 0 Å². The van der Waals surface area contributed by atoms with Crippen LogP contribution in [-0.4, -0.2) is 22.1 Å². The quantitative estimate of drug-likeness (QED) is 0.697. The summed E-state index contributed by atoms with van der Waals surface area (Å²) in [6, 6.07) is 0. The molecule has 1 atom stereocenters. The van der Waals surface area contributed by atoms with E-state index in [0.717, 1.165) is 25.0 Å². The molecule has 1 N–H and O–H groups in total. The highest BCUT2D eigenvalue weighted by atomic mass is 32.2. The number of hydrogen-bond donors (Lipinski definition) is 1. The highest BCUT2D eigenvalue weighted by Crippen LogP contribution is 2.10. The largest absolute Gasteiger partial charge is 0.393 e. The van der Waals surface area contributed by atoms with Crippen molar-refractivity contribution in [3.8, 4) is 0 Å². The van der Waals surface area contributed by atoms with Gasteiger partial charge in [0.15, 0.2) is 5.12 Å². The summed E-state index contributed by atoms with van der Waals surface area (Å²) in [5.74, 6) is 0.805. The number of unbranched alkanes of at least 4 members (excludes halogenated alkanes) is 1. The van der Waals surface area contributed by atoms with E-state index in [0.29, 0.717) is 6.42 Å². The van der Waals surface area contributed by atoms with E-state index in [1.807, 2.05) is 6.92 Å². The van der Waals surface area contributed by atoms with Gasteiger partial charge in [-0.1, -0.05) is 38.5 Å². The SMILES string of the molecule is CCCC[C@@H](O)CC(=O)SCC. The molecule has 0 unspecified atom stereocenters. The Labute approximate surface area is 78.7 Å². The summed E-state index contributed by atoms with van der Waals surface area (Å²) in [6.07, 6.45) is 2.74. The molecule has 0 saturated heterocycles.